The van der Waals surface area contributed by atoms with Crippen molar-refractivity contribution in [2.75, 3.05) is 13.1 Å². The van der Waals surface area contributed by atoms with Crippen molar-refractivity contribution in [2.45, 2.75) is 19.9 Å². The fraction of sp³-hybridized carbons (Fsp3) is 0.750. The summed E-state index contributed by atoms with van der Waals surface area (Å²) in [5.41, 5.74) is 1.57. The molecule has 11 heavy (non-hydrogen) atoms. The first kappa shape index (κ1) is 6.98. The second-order valence-electron chi connectivity index (χ2n) is 3.93. The summed E-state index contributed by atoms with van der Waals surface area (Å²) in [4.78, 5) is 0. The van der Waals surface area contributed by atoms with E-state index in [1.807, 2.05) is 6.20 Å². The highest BCUT2D eigenvalue weighted by atomic mass is 15.2. The minimum atomic E-state index is 0.240. The normalized spacial score (nSPS) is 33.3. The minimum absolute atomic E-state index is 0.240. The Labute approximate surface area is 66.6 Å². The van der Waals surface area contributed by atoms with Crippen molar-refractivity contribution in [3.05, 3.63) is 11.8 Å². The fourth-order valence-corrected chi connectivity index (χ4v) is 1.75. The summed E-state index contributed by atoms with van der Waals surface area (Å²) in [7, 11) is 0. The lowest BCUT2D eigenvalue weighted by molar-refractivity contribution is 0.270. The first-order chi connectivity index (χ1) is 5.20. The van der Waals surface area contributed by atoms with Gasteiger partial charge in [0.15, 0.2) is 0 Å². The molecule has 2 rings (SSSR count). The predicted octanol–water partition coefficient (Wildman–Crippen LogP) is 1.33. The van der Waals surface area contributed by atoms with Crippen LogP contribution in [0.2, 0.25) is 0 Å². The Kier molecular flexibility index (Phi) is 1.36. The van der Waals surface area contributed by atoms with Crippen LogP contribution in [0.1, 0.15) is 13.8 Å². The molecule has 60 valence electrons. The quantitative estimate of drug-likeness (QED) is 0.557. The molecule has 0 spiro atoms. The molecule has 2 heterocycles. The number of nitrogens with zero attached hydrogens (tertiary/aromatic N) is 2. The van der Waals surface area contributed by atoms with Crippen LogP contribution in [0.5, 0.6) is 0 Å². The summed E-state index contributed by atoms with van der Waals surface area (Å²) in [6.07, 6.45) is 1.89. The summed E-state index contributed by atoms with van der Waals surface area (Å²) >= 11 is 0. The molecule has 2 aliphatic rings. The Balaban J connectivity index is 2.28. The van der Waals surface area contributed by atoms with Gasteiger partial charge < -0.3 is 5.32 Å². The average molecular weight is 151 g/mol. The van der Waals surface area contributed by atoms with Gasteiger partial charge in [0.05, 0.1) is 6.20 Å². The molecule has 1 N–H and O–H groups in total. The summed E-state index contributed by atoms with van der Waals surface area (Å²) in [6.45, 7) is 6.44. The first-order valence-corrected chi connectivity index (χ1v) is 4.00. The van der Waals surface area contributed by atoms with Gasteiger partial charge in [-0.25, -0.2) is 0 Å². The fourth-order valence-electron chi connectivity index (χ4n) is 1.75. The largest absolute Gasteiger partial charge is 0.312 e. The highest BCUT2D eigenvalue weighted by molar-refractivity contribution is 5.22. The second kappa shape index (κ2) is 2.14. The third-order valence-electron chi connectivity index (χ3n) is 2.41. The van der Waals surface area contributed by atoms with E-state index in [0.29, 0.717) is 6.04 Å². The second-order valence-corrected chi connectivity index (χ2v) is 3.93. The molecule has 0 saturated carbocycles. The standard InChI is InChI=1S/C8H13N3/c1-8(2)5-9-3-6-4-10-11-7(6)8/h4,7,9H,3,5H2,1-2H3/t7-/m1/s1. The Hall–Kier alpha value is -0.700. The first-order valence-electron chi connectivity index (χ1n) is 4.00. The van der Waals surface area contributed by atoms with Crippen LogP contribution in [0.25, 0.3) is 0 Å². The maximum absolute atomic E-state index is 4.20. The van der Waals surface area contributed by atoms with Crippen molar-refractivity contribution >= 4 is 0 Å². The van der Waals surface area contributed by atoms with Gasteiger partial charge in [-0.15, -0.1) is 0 Å². The van der Waals surface area contributed by atoms with Crippen LogP contribution in [-0.4, -0.2) is 19.1 Å². The van der Waals surface area contributed by atoms with E-state index in [0.717, 1.165) is 13.1 Å². The van der Waals surface area contributed by atoms with Gasteiger partial charge in [0.1, 0.15) is 6.04 Å². The van der Waals surface area contributed by atoms with E-state index in [9.17, 15) is 0 Å². The van der Waals surface area contributed by atoms with Crippen molar-refractivity contribution in [1.29, 1.82) is 0 Å². The summed E-state index contributed by atoms with van der Waals surface area (Å²) in [5, 5.41) is 11.5. The molecule has 1 fully saturated rings. The van der Waals surface area contributed by atoms with E-state index in [1.54, 1.807) is 0 Å². The van der Waals surface area contributed by atoms with E-state index in [1.165, 1.54) is 5.57 Å². The number of hydrogen-bond acceptors (Lipinski definition) is 3. The van der Waals surface area contributed by atoms with E-state index in [4.69, 9.17) is 0 Å². The Bertz CT molecular complexity index is 227. The minimum Gasteiger partial charge on any atom is -0.312 e. The van der Waals surface area contributed by atoms with E-state index in [2.05, 4.69) is 29.4 Å². The molecule has 0 unspecified atom stereocenters. The van der Waals surface area contributed by atoms with Crippen molar-refractivity contribution in [3.63, 3.8) is 0 Å². The Morgan fingerprint density at radius 3 is 3.18 bits per heavy atom. The molecular weight excluding hydrogens is 138 g/mol. The lowest BCUT2D eigenvalue weighted by Crippen LogP contribution is -2.46. The Morgan fingerprint density at radius 1 is 1.64 bits per heavy atom. The molecular formula is C8H13N3. The van der Waals surface area contributed by atoms with Crippen molar-refractivity contribution in [1.82, 2.24) is 5.32 Å². The summed E-state index contributed by atoms with van der Waals surface area (Å²) in [6, 6.07) is 0.337. The number of piperidine rings is 1. The van der Waals surface area contributed by atoms with Gasteiger partial charge in [0.2, 0.25) is 0 Å². The molecule has 0 aromatic rings. The number of azo groups is 1. The molecule has 0 aromatic carbocycles. The van der Waals surface area contributed by atoms with Gasteiger partial charge in [-0.1, -0.05) is 13.8 Å². The van der Waals surface area contributed by atoms with Gasteiger partial charge >= 0.3 is 0 Å². The zero-order valence-corrected chi connectivity index (χ0v) is 6.96. The van der Waals surface area contributed by atoms with E-state index < -0.39 is 0 Å². The number of rotatable bonds is 0. The van der Waals surface area contributed by atoms with Crippen LogP contribution < -0.4 is 5.32 Å². The monoisotopic (exact) mass is 151 g/mol. The summed E-state index contributed by atoms with van der Waals surface area (Å²) in [5.74, 6) is 0. The van der Waals surface area contributed by atoms with Crippen molar-refractivity contribution in [3.8, 4) is 0 Å². The molecule has 3 nitrogen and oxygen atoms in total. The predicted molar refractivity (Wildman–Crippen MR) is 43.4 cm³/mol. The van der Waals surface area contributed by atoms with Gasteiger partial charge in [-0.3, -0.25) is 0 Å². The third kappa shape index (κ3) is 0.997. The maximum atomic E-state index is 4.20. The van der Waals surface area contributed by atoms with E-state index >= 15 is 0 Å². The zero-order chi connectivity index (χ0) is 7.90. The van der Waals surface area contributed by atoms with Crippen LogP contribution in [0, 0.1) is 5.41 Å². The van der Waals surface area contributed by atoms with Gasteiger partial charge in [0.25, 0.3) is 0 Å². The third-order valence-corrected chi connectivity index (χ3v) is 2.41. The average Bonchev–Trinajstić information content (AvgIpc) is 2.34. The van der Waals surface area contributed by atoms with Crippen molar-refractivity contribution in [2.24, 2.45) is 15.6 Å². The topological polar surface area (TPSA) is 36.8 Å². The highest BCUT2D eigenvalue weighted by Crippen LogP contribution is 2.33. The van der Waals surface area contributed by atoms with Crippen LogP contribution in [0.4, 0.5) is 0 Å². The zero-order valence-electron chi connectivity index (χ0n) is 6.96. The molecule has 0 aliphatic carbocycles. The van der Waals surface area contributed by atoms with E-state index in [-0.39, 0.29) is 5.41 Å². The van der Waals surface area contributed by atoms with Gasteiger partial charge in [-0.05, 0) is 5.57 Å². The van der Waals surface area contributed by atoms with Gasteiger partial charge in [-0.2, -0.15) is 10.2 Å². The number of fused-ring (bicyclic) bond motifs is 1. The van der Waals surface area contributed by atoms with Gasteiger partial charge in [0, 0.05) is 18.5 Å². The Morgan fingerprint density at radius 2 is 2.45 bits per heavy atom. The van der Waals surface area contributed by atoms with Crippen LogP contribution in [-0.2, 0) is 0 Å². The lowest BCUT2D eigenvalue weighted by atomic mass is 9.78. The molecule has 0 bridgehead atoms. The summed E-state index contributed by atoms with van der Waals surface area (Å²) < 4.78 is 0. The SMILES string of the molecule is CC1(C)CNCC2=CN=N[C@H]21. The molecule has 1 saturated heterocycles. The molecule has 3 heteroatoms. The van der Waals surface area contributed by atoms with Crippen molar-refractivity contribution < 1.29 is 0 Å². The smallest absolute Gasteiger partial charge is 0.102 e. The number of nitrogens with one attached hydrogen (secondary N) is 1. The number of hydrogen-bond donors (Lipinski definition) is 1. The van der Waals surface area contributed by atoms with Crippen LogP contribution in [0.15, 0.2) is 22.0 Å². The molecule has 1 atom stereocenters. The highest BCUT2D eigenvalue weighted by Gasteiger charge is 2.37. The molecule has 2 aliphatic heterocycles. The molecule has 0 amide bonds. The van der Waals surface area contributed by atoms with Crippen LogP contribution in [0.3, 0.4) is 0 Å². The van der Waals surface area contributed by atoms with Crippen LogP contribution >= 0.6 is 0 Å². The maximum Gasteiger partial charge on any atom is 0.102 e. The molecule has 0 aromatic heterocycles. The molecule has 0 radical (unpaired) electrons. The lowest BCUT2D eigenvalue weighted by Gasteiger charge is -2.35.